The molecule has 0 aliphatic carbocycles. The Morgan fingerprint density at radius 3 is 2.36 bits per heavy atom. The molecule has 2 aromatic rings. The zero-order valence-corrected chi connectivity index (χ0v) is 12.3. The average molecular weight is 296 g/mol. The van der Waals surface area contributed by atoms with Gasteiger partial charge in [0.2, 0.25) is 0 Å². The van der Waals surface area contributed by atoms with Crippen molar-refractivity contribution in [3.05, 3.63) is 77.6 Å². The molecule has 3 heteroatoms. The summed E-state index contributed by atoms with van der Waals surface area (Å²) >= 11 is 0. The number of esters is 1. The van der Waals surface area contributed by atoms with Crippen molar-refractivity contribution in [3.63, 3.8) is 0 Å². The van der Waals surface area contributed by atoms with Crippen LogP contribution in [0.1, 0.15) is 30.4 Å². The highest BCUT2D eigenvalue weighted by molar-refractivity contribution is 5.84. The quantitative estimate of drug-likeness (QED) is 0.778. The third-order valence-electron chi connectivity index (χ3n) is 4.03. The normalized spacial score (nSPS) is 21.2. The van der Waals surface area contributed by atoms with Gasteiger partial charge in [0.25, 0.3) is 0 Å². The van der Waals surface area contributed by atoms with Gasteiger partial charge in [-0.05, 0) is 30.2 Å². The van der Waals surface area contributed by atoms with E-state index in [1.165, 1.54) is 12.1 Å². The van der Waals surface area contributed by atoms with Gasteiger partial charge in [0, 0.05) is 11.5 Å². The fraction of sp³-hybridized carbons (Fsp3) is 0.211. The van der Waals surface area contributed by atoms with E-state index < -0.39 is 0 Å². The van der Waals surface area contributed by atoms with Crippen molar-refractivity contribution in [3.8, 4) is 0 Å². The Kier molecular flexibility index (Phi) is 4.05. The molecular weight excluding hydrogens is 279 g/mol. The molecule has 2 aromatic carbocycles. The molecule has 0 unspecified atom stereocenters. The SMILES string of the molecule is CC[C@H]1C(=O)OC(c2ccccc2)=C[C@@H]1c1ccc(F)cc1. The molecule has 1 heterocycles. The highest BCUT2D eigenvalue weighted by Crippen LogP contribution is 2.37. The predicted molar refractivity (Wildman–Crippen MR) is 83.4 cm³/mol. The van der Waals surface area contributed by atoms with Crippen molar-refractivity contribution in [1.82, 2.24) is 0 Å². The van der Waals surface area contributed by atoms with Crippen LogP contribution in [-0.2, 0) is 9.53 Å². The van der Waals surface area contributed by atoms with Crippen LogP contribution < -0.4 is 0 Å². The van der Waals surface area contributed by atoms with E-state index in [1.54, 1.807) is 12.1 Å². The minimum atomic E-state index is -0.276. The Bertz CT molecular complexity index is 689. The lowest BCUT2D eigenvalue weighted by atomic mass is 9.82. The number of hydrogen-bond donors (Lipinski definition) is 0. The molecule has 2 atom stereocenters. The highest BCUT2D eigenvalue weighted by atomic mass is 19.1. The monoisotopic (exact) mass is 296 g/mol. The minimum absolute atomic E-state index is 0.0953. The van der Waals surface area contributed by atoms with Crippen LogP contribution in [0.5, 0.6) is 0 Å². The predicted octanol–water partition coefficient (Wildman–Crippen LogP) is 4.53. The molecule has 0 saturated carbocycles. The summed E-state index contributed by atoms with van der Waals surface area (Å²) in [5, 5.41) is 0. The number of halogens is 1. The minimum Gasteiger partial charge on any atom is -0.426 e. The lowest BCUT2D eigenvalue weighted by Gasteiger charge is -2.28. The zero-order valence-electron chi connectivity index (χ0n) is 12.3. The second kappa shape index (κ2) is 6.14. The number of benzene rings is 2. The summed E-state index contributed by atoms with van der Waals surface area (Å²) in [4.78, 5) is 12.3. The topological polar surface area (TPSA) is 26.3 Å². The molecule has 0 spiro atoms. The van der Waals surface area contributed by atoms with E-state index in [2.05, 4.69) is 0 Å². The Balaban J connectivity index is 2.03. The van der Waals surface area contributed by atoms with Gasteiger partial charge in [-0.3, -0.25) is 4.79 Å². The van der Waals surface area contributed by atoms with Crippen molar-refractivity contribution in [2.75, 3.05) is 0 Å². The molecule has 1 aliphatic heterocycles. The van der Waals surface area contributed by atoms with Crippen molar-refractivity contribution >= 4 is 11.7 Å². The number of hydrogen-bond acceptors (Lipinski definition) is 2. The van der Waals surface area contributed by atoms with Gasteiger partial charge in [-0.15, -0.1) is 0 Å². The van der Waals surface area contributed by atoms with E-state index in [1.807, 2.05) is 43.3 Å². The summed E-state index contributed by atoms with van der Waals surface area (Å²) in [5.74, 6) is -0.259. The first-order chi connectivity index (χ1) is 10.7. The maximum absolute atomic E-state index is 13.1. The Hall–Kier alpha value is -2.42. The van der Waals surface area contributed by atoms with Crippen molar-refractivity contribution in [2.45, 2.75) is 19.3 Å². The maximum atomic E-state index is 13.1. The van der Waals surface area contributed by atoms with Crippen LogP contribution in [0.3, 0.4) is 0 Å². The van der Waals surface area contributed by atoms with Crippen molar-refractivity contribution < 1.29 is 13.9 Å². The maximum Gasteiger partial charge on any atom is 0.315 e. The molecule has 1 aliphatic rings. The largest absolute Gasteiger partial charge is 0.426 e. The fourth-order valence-electron chi connectivity index (χ4n) is 2.84. The zero-order chi connectivity index (χ0) is 15.5. The second-order valence-electron chi connectivity index (χ2n) is 5.41. The van der Waals surface area contributed by atoms with Crippen molar-refractivity contribution in [2.24, 2.45) is 5.92 Å². The number of carbonyl (C=O) groups excluding carboxylic acids is 1. The highest BCUT2D eigenvalue weighted by Gasteiger charge is 2.33. The molecule has 0 aromatic heterocycles. The first kappa shape index (κ1) is 14.5. The van der Waals surface area contributed by atoms with E-state index in [-0.39, 0.29) is 23.6 Å². The van der Waals surface area contributed by atoms with Crippen LogP contribution in [0.4, 0.5) is 4.39 Å². The van der Waals surface area contributed by atoms with Crippen LogP contribution in [0.25, 0.3) is 5.76 Å². The number of cyclic esters (lactones) is 1. The summed E-state index contributed by atoms with van der Waals surface area (Å²) in [6.45, 7) is 1.96. The van der Waals surface area contributed by atoms with Gasteiger partial charge < -0.3 is 4.74 Å². The van der Waals surface area contributed by atoms with Crippen LogP contribution in [0.15, 0.2) is 60.7 Å². The van der Waals surface area contributed by atoms with Crippen LogP contribution in [0.2, 0.25) is 0 Å². The van der Waals surface area contributed by atoms with E-state index in [4.69, 9.17) is 4.74 Å². The van der Waals surface area contributed by atoms with Gasteiger partial charge in [0.05, 0.1) is 5.92 Å². The fourth-order valence-corrected chi connectivity index (χ4v) is 2.84. The smallest absolute Gasteiger partial charge is 0.315 e. The number of allylic oxidation sites excluding steroid dienone is 1. The molecule has 112 valence electrons. The molecule has 0 radical (unpaired) electrons. The molecule has 2 nitrogen and oxygen atoms in total. The summed E-state index contributed by atoms with van der Waals surface area (Å²) in [5.41, 5.74) is 1.80. The molecule has 0 amide bonds. The van der Waals surface area contributed by atoms with Gasteiger partial charge in [-0.25, -0.2) is 4.39 Å². The molecule has 0 saturated heterocycles. The van der Waals surface area contributed by atoms with Gasteiger partial charge in [0.15, 0.2) is 0 Å². The van der Waals surface area contributed by atoms with Crippen LogP contribution in [0, 0.1) is 11.7 Å². The molecule has 0 bridgehead atoms. The van der Waals surface area contributed by atoms with Gasteiger partial charge >= 0.3 is 5.97 Å². The Morgan fingerprint density at radius 1 is 1.05 bits per heavy atom. The summed E-state index contributed by atoms with van der Waals surface area (Å²) < 4.78 is 18.6. The van der Waals surface area contributed by atoms with Gasteiger partial charge in [-0.2, -0.15) is 0 Å². The lowest BCUT2D eigenvalue weighted by Crippen LogP contribution is -2.27. The molecule has 22 heavy (non-hydrogen) atoms. The summed E-state index contributed by atoms with van der Waals surface area (Å²) in [6.07, 6.45) is 2.65. The van der Waals surface area contributed by atoms with Crippen LogP contribution in [-0.4, -0.2) is 5.97 Å². The van der Waals surface area contributed by atoms with E-state index in [0.29, 0.717) is 12.2 Å². The molecule has 0 N–H and O–H groups in total. The van der Waals surface area contributed by atoms with E-state index in [9.17, 15) is 9.18 Å². The van der Waals surface area contributed by atoms with E-state index in [0.717, 1.165) is 11.1 Å². The molecule has 3 rings (SSSR count). The van der Waals surface area contributed by atoms with E-state index >= 15 is 0 Å². The standard InChI is InChI=1S/C19H17FO2/c1-2-16-17(13-8-10-15(20)11-9-13)12-18(22-19(16)21)14-6-4-3-5-7-14/h3-12,16-17H,2H2,1H3/t16-,17-/m1/s1. The first-order valence-corrected chi connectivity index (χ1v) is 7.43. The third kappa shape index (κ3) is 2.80. The van der Waals surface area contributed by atoms with Gasteiger partial charge in [0.1, 0.15) is 11.6 Å². The second-order valence-corrected chi connectivity index (χ2v) is 5.41. The van der Waals surface area contributed by atoms with Gasteiger partial charge in [-0.1, -0.05) is 49.4 Å². The molecular formula is C19H17FO2. The summed E-state index contributed by atoms with van der Waals surface area (Å²) in [7, 11) is 0. The molecule has 0 fully saturated rings. The average Bonchev–Trinajstić information content (AvgIpc) is 2.55. The number of carbonyl (C=O) groups is 1. The number of ether oxygens (including phenoxy) is 1. The Labute approximate surface area is 129 Å². The first-order valence-electron chi connectivity index (χ1n) is 7.43. The lowest BCUT2D eigenvalue weighted by molar-refractivity contribution is -0.142. The Morgan fingerprint density at radius 2 is 1.73 bits per heavy atom. The number of rotatable bonds is 3. The summed E-state index contributed by atoms with van der Waals surface area (Å²) in [6, 6.07) is 15.9. The van der Waals surface area contributed by atoms with Crippen LogP contribution >= 0.6 is 0 Å². The third-order valence-corrected chi connectivity index (χ3v) is 4.03. The van der Waals surface area contributed by atoms with Crippen molar-refractivity contribution in [1.29, 1.82) is 0 Å².